The Hall–Kier alpha value is -1.76. The zero-order valence-corrected chi connectivity index (χ0v) is 15.7. The molecule has 0 radical (unpaired) electrons. The van der Waals surface area contributed by atoms with Crippen LogP contribution in [0.5, 0.6) is 0 Å². The molecule has 0 aliphatic carbocycles. The summed E-state index contributed by atoms with van der Waals surface area (Å²) in [5, 5.41) is 3.59. The summed E-state index contributed by atoms with van der Waals surface area (Å²) in [6, 6.07) is 15.2. The number of hydrogen-bond donors (Lipinski definition) is 3. The first-order valence-electron chi connectivity index (χ1n) is 7.30. The van der Waals surface area contributed by atoms with Gasteiger partial charge in [-0.1, -0.05) is 35.4 Å². The van der Waals surface area contributed by atoms with Crippen molar-refractivity contribution < 1.29 is 4.79 Å². The second-order valence-electron chi connectivity index (χ2n) is 5.15. The summed E-state index contributed by atoms with van der Waals surface area (Å²) in [5.74, 6) is -0.157. The van der Waals surface area contributed by atoms with Crippen molar-refractivity contribution in [3.05, 3.63) is 59.1 Å². The molecule has 0 unspecified atom stereocenters. The zero-order chi connectivity index (χ0) is 17.5. The number of rotatable bonds is 4. The molecule has 2 rings (SSSR count). The zero-order valence-electron chi connectivity index (χ0n) is 13.3. The van der Waals surface area contributed by atoms with Gasteiger partial charge in [-0.3, -0.25) is 15.6 Å². The van der Waals surface area contributed by atoms with Gasteiger partial charge >= 0.3 is 0 Å². The van der Waals surface area contributed by atoms with Crippen LogP contribution in [0.4, 0.5) is 5.69 Å². The monoisotopic (exact) mass is 379 g/mol. The third-order valence-electron chi connectivity index (χ3n) is 3.08. The van der Waals surface area contributed by atoms with Crippen molar-refractivity contribution in [2.75, 3.05) is 5.32 Å². The van der Waals surface area contributed by atoms with Gasteiger partial charge in [-0.25, -0.2) is 0 Å². The van der Waals surface area contributed by atoms with Crippen LogP contribution in [0.3, 0.4) is 0 Å². The normalized spacial score (nSPS) is 11.5. The first kappa shape index (κ1) is 18.6. The Balaban J connectivity index is 1.79. The molecule has 0 aliphatic heterocycles. The number of carbonyl (C=O) groups excluding carboxylic acids is 1. The van der Waals surface area contributed by atoms with E-state index >= 15 is 0 Å². The van der Waals surface area contributed by atoms with E-state index in [2.05, 4.69) is 16.2 Å². The maximum absolute atomic E-state index is 12.1. The van der Waals surface area contributed by atoms with Gasteiger partial charge < -0.3 is 5.32 Å². The summed E-state index contributed by atoms with van der Waals surface area (Å²) in [6.07, 6.45) is 0. The Labute approximate surface area is 156 Å². The maximum Gasteiger partial charge on any atom is 0.251 e. The SMILES string of the molecule is Cc1ccc(S[C@@H](C)C(=O)NNC(=S)Nc2cccc(Cl)c2)cc1. The number of anilines is 1. The summed E-state index contributed by atoms with van der Waals surface area (Å²) in [6.45, 7) is 3.87. The minimum absolute atomic E-state index is 0.157. The lowest BCUT2D eigenvalue weighted by Gasteiger charge is -2.15. The molecule has 0 spiro atoms. The van der Waals surface area contributed by atoms with Crippen LogP contribution in [0.15, 0.2) is 53.4 Å². The van der Waals surface area contributed by atoms with E-state index in [1.807, 2.05) is 50.2 Å². The lowest BCUT2D eigenvalue weighted by atomic mass is 10.2. The van der Waals surface area contributed by atoms with E-state index in [9.17, 15) is 4.79 Å². The van der Waals surface area contributed by atoms with Gasteiger partial charge in [-0.15, -0.1) is 11.8 Å². The second kappa shape index (κ2) is 8.92. The molecule has 0 bridgehead atoms. The number of aryl methyl sites for hydroxylation is 1. The van der Waals surface area contributed by atoms with Crippen LogP contribution in [-0.2, 0) is 4.79 Å². The van der Waals surface area contributed by atoms with Crippen LogP contribution in [0.25, 0.3) is 0 Å². The highest BCUT2D eigenvalue weighted by atomic mass is 35.5. The molecule has 3 N–H and O–H groups in total. The van der Waals surface area contributed by atoms with Gasteiger partial charge in [0.2, 0.25) is 0 Å². The quantitative estimate of drug-likeness (QED) is 0.423. The number of nitrogens with one attached hydrogen (secondary N) is 3. The van der Waals surface area contributed by atoms with E-state index in [-0.39, 0.29) is 16.3 Å². The van der Waals surface area contributed by atoms with E-state index in [1.54, 1.807) is 12.1 Å². The standard InChI is InChI=1S/C17H18ClN3OS2/c1-11-6-8-15(9-7-11)24-12(2)16(22)20-21-17(23)19-14-5-3-4-13(18)10-14/h3-10,12H,1-2H3,(H,20,22)(H2,19,21,23)/t12-/m0/s1. The first-order chi connectivity index (χ1) is 11.4. The number of halogens is 1. The fourth-order valence-electron chi connectivity index (χ4n) is 1.82. The Morgan fingerprint density at radius 2 is 1.88 bits per heavy atom. The third-order valence-corrected chi connectivity index (χ3v) is 4.64. The average molecular weight is 380 g/mol. The molecule has 0 saturated heterocycles. The summed E-state index contributed by atoms with van der Waals surface area (Å²) in [4.78, 5) is 13.2. The largest absolute Gasteiger partial charge is 0.331 e. The number of hydrogen-bond acceptors (Lipinski definition) is 3. The van der Waals surface area contributed by atoms with E-state index in [0.29, 0.717) is 5.02 Å². The maximum atomic E-state index is 12.1. The van der Waals surface area contributed by atoms with Gasteiger partial charge in [-0.2, -0.15) is 0 Å². The van der Waals surface area contributed by atoms with E-state index < -0.39 is 0 Å². The smallest absolute Gasteiger partial charge is 0.251 e. The molecule has 0 saturated carbocycles. The van der Waals surface area contributed by atoms with Gasteiger partial charge in [-0.05, 0) is 56.4 Å². The lowest BCUT2D eigenvalue weighted by Crippen LogP contribution is -2.46. The molecule has 1 atom stereocenters. The molecule has 126 valence electrons. The molecule has 4 nitrogen and oxygen atoms in total. The van der Waals surface area contributed by atoms with Crippen molar-refractivity contribution in [3.63, 3.8) is 0 Å². The summed E-state index contributed by atoms with van der Waals surface area (Å²) in [7, 11) is 0. The highest BCUT2D eigenvalue weighted by molar-refractivity contribution is 8.00. The van der Waals surface area contributed by atoms with Gasteiger partial charge in [0.1, 0.15) is 0 Å². The number of hydrazine groups is 1. The number of amides is 1. The van der Waals surface area contributed by atoms with Gasteiger partial charge in [0.05, 0.1) is 5.25 Å². The molecular weight excluding hydrogens is 362 g/mol. The molecule has 24 heavy (non-hydrogen) atoms. The Morgan fingerprint density at radius 1 is 1.17 bits per heavy atom. The van der Waals surface area contributed by atoms with Crippen LogP contribution < -0.4 is 16.2 Å². The minimum atomic E-state index is -0.255. The molecule has 2 aromatic rings. The number of benzene rings is 2. The van der Waals surface area contributed by atoms with Crippen molar-refractivity contribution in [1.82, 2.24) is 10.9 Å². The van der Waals surface area contributed by atoms with Crippen molar-refractivity contribution in [1.29, 1.82) is 0 Å². The number of thioether (sulfide) groups is 1. The highest BCUT2D eigenvalue weighted by Crippen LogP contribution is 2.23. The van der Waals surface area contributed by atoms with Gasteiger partial charge in [0.25, 0.3) is 5.91 Å². The summed E-state index contributed by atoms with van der Waals surface area (Å²) >= 11 is 12.5. The third kappa shape index (κ3) is 6.03. The molecule has 2 aromatic carbocycles. The molecule has 0 heterocycles. The Kier molecular flexibility index (Phi) is 6.90. The first-order valence-corrected chi connectivity index (χ1v) is 8.96. The highest BCUT2D eigenvalue weighted by Gasteiger charge is 2.14. The predicted octanol–water partition coefficient (Wildman–Crippen LogP) is 4.15. The molecule has 0 aliphatic rings. The number of carbonyl (C=O) groups is 1. The van der Waals surface area contributed by atoms with Crippen LogP contribution in [-0.4, -0.2) is 16.3 Å². The molecule has 1 amide bonds. The average Bonchev–Trinajstić information content (AvgIpc) is 2.54. The van der Waals surface area contributed by atoms with Crippen molar-refractivity contribution in [2.24, 2.45) is 0 Å². The van der Waals surface area contributed by atoms with Crippen molar-refractivity contribution in [2.45, 2.75) is 24.0 Å². The van der Waals surface area contributed by atoms with E-state index in [0.717, 1.165) is 10.6 Å². The Bertz CT molecular complexity index is 722. The van der Waals surface area contributed by atoms with E-state index in [1.165, 1.54) is 17.3 Å². The molecule has 0 aromatic heterocycles. The topological polar surface area (TPSA) is 53.2 Å². The fraction of sp³-hybridized carbons (Fsp3) is 0.176. The minimum Gasteiger partial charge on any atom is -0.331 e. The van der Waals surface area contributed by atoms with Crippen LogP contribution >= 0.6 is 35.6 Å². The molecular formula is C17H18ClN3OS2. The van der Waals surface area contributed by atoms with Crippen molar-refractivity contribution >= 4 is 52.3 Å². The lowest BCUT2D eigenvalue weighted by molar-refractivity contribution is -0.120. The summed E-state index contributed by atoms with van der Waals surface area (Å²) < 4.78 is 0. The molecule has 7 heteroatoms. The second-order valence-corrected chi connectivity index (χ2v) is 7.41. The van der Waals surface area contributed by atoms with Crippen LogP contribution in [0.1, 0.15) is 12.5 Å². The van der Waals surface area contributed by atoms with Gasteiger partial charge in [0, 0.05) is 15.6 Å². The number of thiocarbonyl (C=S) groups is 1. The Morgan fingerprint density at radius 3 is 2.54 bits per heavy atom. The fourth-order valence-corrected chi connectivity index (χ4v) is 3.05. The van der Waals surface area contributed by atoms with Crippen LogP contribution in [0.2, 0.25) is 5.02 Å². The molecule has 0 fully saturated rings. The van der Waals surface area contributed by atoms with Gasteiger partial charge in [0.15, 0.2) is 5.11 Å². The summed E-state index contributed by atoms with van der Waals surface area (Å²) in [5.41, 5.74) is 7.23. The van der Waals surface area contributed by atoms with Crippen molar-refractivity contribution in [3.8, 4) is 0 Å². The van der Waals surface area contributed by atoms with E-state index in [4.69, 9.17) is 23.8 Å². The predicted molar refractivity (Wildman–Crippen MR) is 105 cm³/mol. The van der Waals surface area contributed by atoms with Crippen LogP contribution in [0, 0.1) is 6.92 Å².